The molecule has 1 amide bonds. The molecule has 18 heavy (non-hydrogen) atoms. The molecule has 0 aliphatic carbocycles. The Morgan fingerprint density at radius 3 is 2.78 bits per heavy atom. The van der Waals surface area contributed by atoms with E-state index in [9.17, 15) is 4.79 Å². The highest BCUT2D eigenvalue weighted by atomic mass is 16.2. The van der Waals surface area contributed by atoms with Crippen LogP contribution in [0.3, 0.4) is 0 Å². The zero-order chi connectivity index (χ0) is 12.8. The molecule has 2 fully saturated rings. The number of carbonyl (C=O) groups is 1. The van der Waals surface area contributed by atoms with Gasteiger partial charge in [-0.15, -0.1) is 0 Å². The molecule has 2 aliphatic heterocycles. The van der Waals surface area contributed by atoms with Crippen LogP contribution in [0.15, 0.2) is 0 Å². The van der Waals surface area contributed by atoms with Gasteiger partial charge in [0.2, 0.25) is 5.91 Å². The minimum absolute atomic E-state index is 0.131. The van der Waals surface area contributed by atoms with Crippen LogP contribution in [0.2, 0.25) is 0 Å². The average Bonchev–Trinajstić information content (AvgIpc) is 3.05. The van der Waals surface area contributed by atoms with Gasteiger partial charge in [-0.25, -0.2) is 0 Å². The molecular formula is C14H27N3O. The summed E-state index contributed by atoms with van der Waals surface area (Å²) in [6.45, 7) is 8.41. The Balaban J connectivity index is 1.64. The minimum atomic E-state index is -0.131. The summed E-state index contributed by atoms with van der Waals surface area (Å²) in [5, 5.41) is 6.45. The second-order valence-electron chi connectivity index (χ2n) is 5.72. The van der Waals surface area contributed by atoms with Crippen LogP contribution in [0.5, 0.6) is 0 Å². The fourth-order valence-electron chi connectivity index (χ4n) is 3.10. The molecule has 4 nitrogen and oxygen atoms in total. The zero-order valence-corrected chi connectivity index (χ0v) is 11.6. The van der Waals surface area contributed by atoms with Crippen molar-refractivity contribution in [2.24, 2.45) is 5.41 Å². The van der Waals surface area contributed by atoms with Crippen LogP contribution >= 0.6 is 0 Å². The van der Waals surface area contributed by atoms with Crippen LogP contribution in [0.25, 0.3) is 0 Å². The van der Waals surface area contributed by atoms with E-state index < -0.39 is 0 Å². The first-order chi connectivity index (χ1) is 8.77. The van der Waals surface area contributed by atoms with E-state index in [0.717, 1.165) is 45.4 Å². The molecule has 0 aromatic carbocycles. The smallest absolute Gasteiger partial charge is 0.227 e. The van der Waals surface area contributed by atoms with Crippen LogP contribution in [0.4, 0.5) is 0 Å². The first kappa shape index (κ1) is 13.8. The van der Waals surface area contributed by atoms with Gasteiger partial charge in [-0.3, -0.25) is 4.79 Å². The zero-order valence-electron chi connectivity index (χ0n) is 11.6. The van der Waals surface area contributed by atoms with Crippen molar-refractivity contribution in [1.82, 2.24) is 15.5 Å². The highest BCUT2D eigenvalue weighted by Gasteiger charge is 2.38. The molecule has 2 rings (SSSR count). The summed E-state index contributed by atoms with van der Waals surface area (Å²) < 4.78 is 0. The standard InChI is InChI=1S/C14H27N3O/c1-2-14(6-8-15-12-14)13(18)16-7-5-11-17-9-3-4-10-17/h15H,2-12H2,1H3,(H,16,18). The predicted octanol–water partition coefficient (Wildman–Crippen LogP) is 0.978. The number of nitrogens with zero attached hydrogens (tertiary/aromatic N) is 1. The molecular weight excluding hydrogens is 226 g/mol. The molecule has 104 valence electrons. The molecule has 4 heteroatoms. The molecule has 0 aromatic rings. The molecule has 0 radical (unpaired) electrons. The van der Waals surface area contributed by atoms with Gasteiger partial charge in [-0.1, -0.05) is 6.92 Å². The van der Waals surface area contributed by atoms with E-state index in [2.05, 4.69) is 22.5 Å². The first-order valence-corrected chi connectivity index (χ1v) is 7.48. The number of carbonyl (C=O) groups excluding carboxylic acids is 1. The fourth-order valence-corrected chi connectivity index (χ4v) is 3.10. The average molecular weight is 253 g/mol. The van der Waals surface area contributed by atoms with Crippen molar-refractivity contribution in [3.8, 4) is 0 Å². The summed E-state index contributed by atoms with van der Waals surface area (Å²) in [6, 6.07) is 0. The maximum Gasteiger partial charge on any atom is 0.227 e. The van der Waals surface area contributed by atoms with E-state index in [-0.39, 0.29) is 11.3 Å². The van der Waals surface area contributed by atoms with Gasteiger partial charge in [0.25, 0.3) is 0 Å². The second kappa shape index (κ2) is 6.53. The number of hydrogen-bond acceptors (Lipinski definition) is 3. The molecule has 2 aliphatic rings. The lowest BCUT2D eigenvalue weighted by atomic mass is 9.83. The van der Waals surface area contributed by atoms with Crippen LogP contribution < -0.4 is 10.6 Å². The van der Waals surface area contributed by atoms with E-state index >= 15 is 0 Å². The van der Waals surface area contributed by atoms with Gasteiger partial charge in [0, 0.05) is 13.1 Å². The van der Waals surface area contributed by atoms with Crippen molar-refractivity contribution in [3.63, 3.8) is 0 Å². The third-order valence-corrected chi connectivity index (χ3v) is 4.54. The van der Waals surface area contributed by atoms with Crippen molar-refractivity contribution in [3.05, 3.63) is 0 Å². The molecule has 2 N–H and O–H groups in total. The minimum Gasteiger partial charge on any atom is -0.356 e. The molecule has 0 saturated carbocycles. The normalized spacial score (nSPS) is 28.7. The first-order valence-electron chi connectivity index (χ1n) is 7.48. The maximum atomic E-state index is 12.2. The number of rotatable bonds is 6. The molecule has 0 aromatic heterocycles. The van der Waals surface area contributed by atoms with Crippen molar-refractivity contribution in [2.75, 3.05) is 39.3 Å². The second-order valence-corrected chi connectivity index (χ2v) is 5.72. The van der Waals surface area contributed by atoms with Crippen LogP contribution in [0, 0.1) is 5.41 Å². The lowest BCUT2D eigenvalue weighted by Gasteiger charge is -2.25. The predicted molar refractivity (Wildman–Crippen MR) is 73.5 cm³/mol. The summed E-state index contributed by atoms with van der Waals surface area (Å²) in [7, 11) is 0. The topological polar surface area (TPSA) is 44.4 Å². The monoisotopic (exact) mass is 253 g/mol. The summed E-state index contributed by atoms with van der Waals surface area (Å²) in [4.78, 5) is 14.7. The van der Waals surface area contributed by atoms with E-state index in [0.29, 0.717) is 0 Å². The van der Waals surface area contributed by atoms with Crippen molar-refractivity contribution in [2.45, 2.75) is 39.0 Å². The fraction of sp³-hybridized carbons (Fsp3) is 0.929. The van der Waals surface area contributed by atoms with Crippen molar-refractivity contribution in [1.29, 1.82) is 0 Å². The van der Waals surface area contributed by atoms with Gasteiger partial charge in [0.05, 0.1) is 5.41 Å². The Labute approximate surface area is 110 Å². The summed E-state index contributed by atoms with van der Waals surface area (Å²) in [5.41, 5.74) is -0.131. The van der Waals surface area contributed by atoms with Gasteiger partial charge >= 0.3 is 0 Å². The maximum absolute atomic E-state index is 12.2. The van der Waals surface area contributed by atoms with E-state index in [1.807, 2.05) is 0 Å². The molecule has 0 bridgehead atoms. The van der Waals surface area contributed by atoms with Gasteiger partial charge in [0.15, 0.2) is 0 Å². The summed E-state index contributed by atoms with van der Waals surface area (Å²) >= 11 is 0. The molecule has 0 spiro atoms. The summed E-state index contributed by atoms with van der Waals surface area (Å²) in [5.74, 6) is 0.261. The molecule has 2 saturated heterocycles. The lowest BCUT2D eigenvalue weighted by Crippen LogP contribution is -2.43. The Kier molecular flexibility index (Phi) is 5.01. The summed E-state index contributed by atoms with van der Waals surface area (Å²) in [6.07, 6.45) is 5.70. The number of nitrogens with one attached hydrogen (secondary N) is 2. The number of likely N-dealkylation sites (tertiary alicyclic amines) is 1. The van der Waals surface area contributed by atoms with Gasteiger partial charge in [0.1, 0.15) is 0 Å². The van der Waals surface area contributed by atoms with Gasteiger partial charge in [-0.05, 0) is 58.3 Å². The van der Waals surface area contributed by atoms with E-state index in [1.165, 1.54) is 25.9 Å². The van der Waals surface area contributed by atoms with E-state index in [4.69, 9.17) is 0 Å². The molecule has 1 atom stereocenters. The largest absolute Gasteiger partial charge is 0.356 e. The SMILES string of the molecule is CCC1(C(=O)NCCCN2CCCC2)CCNC1. The Morgan fingerprint density at radius 1 is 1.39 bits per heavy atom. The van der Waals surface area contributed by atoms with Gasteiger partial charge < -0.3 is 15.5 Å². The van der Waals surface area contributed by atoms with E-state index in [1.54, 1.807) is 0 Å². The Morgan fingerprint density at radius 2 is 2.17 bits per heavy atom. The highest BCUT2D eigenvalue weighted by molar-refractivity contribution is 5.83. The van der Waals surface area contributed by atoms with Crippen molar-refractivity contribution < 1.29 is 4.79 Å². The lowest BCUT2D eigenvalue weighted by molar-refractivity contribution is -0.130. The van der Waals surface area contributed by atoms with Crippen molar-refractivity contribution >= 4 is 5.91 Å². The third-order valence-electron chi connectivity index (χ3n) is 4.54. The Bertz CT molecular complexity index is 268. The quantitative estimate of drug-likeness (QED) is 0.694. The number of amides is 1. The number of hydrogen-bond donors (Lipinski definition) is 2. The van der Waals surface area contributed by atoms with Crippen LogP contribution in [-0.4, -0.2) is 50.1 Å². The van der Waals surface area contributed by atoms with Crippen LogP contribution in [0.1, 0.15) is 39.0 Å². The third kappa shape index (κ3) is 3.23. The van der Waals surface area contributed by atoms with Gasteiger partial charge in [-0.2, -0.15) is 0 Å². The molecule has 2 heterocycles. The highest BCUT2D eigenvalue weighted by Crippen LogP contribution is 2.29. The molecule has 1 unspecified atom stereocenters. The van der Waals surface area contributed by atoms with Crippen LogP contribution in [-0.2, 0) is 4.79 Å². The Hall–Kier alpha value is -0.610.